The quantitative estimate of drug-likeness (QED) is 0.634. The molecule has 1 aromatic heterocycles. The molecule has 0 aliphatic rings. The summed E-state index contributed by atoms with van der Waals surface area (Å²) in [5.41, 5.74) is 2.18. The maximum absolute atomic E-state index is 12.5. The van der Waals surface area contributed by atoms with Crippen molar-refractivity contribution in [3.63, 3.8) is 0 Å². The highest BCUT2D eigenvalue weighted by Crippen LogP contribution is 2.29. The first-order chi connectivity index (χ1) is 12.1. The van der Waals surface area contributed by atoms with Gasteiger partial charge in [-0.25, -0.2) is 4.98 Å². The first-order valence-electron chi connectivity index (χ1n) is 8.20. The van der Waals surface area contributed by atoms with Crippen molar-refractivity contribution in [3.8, 4) is 22.8 Å². The molecule has 1 heterocycles. The summed E-state index contributed by atoms with van der Waals surface area (Å²) < 4.78 is 6.91. The average Bonchev–Trinajstić information content (AvgIpc) is 3.12. The molecule has 128 valence electrons. The van der Waals surface area contributed by atoms with E-state index in [1.165, 1.54) is 0 Å². The predicted molar refractivity (Wildman–Crippen MR) is 102 cm³/mol. The van der Waals surface area contributed by atoms with E-state index in [1.54, 1.807) is 12.3 Å². The lowest BCUT2D eigenvalue weighted by atomic mass is 10.1. The number of carbonyl (C=O) groups is 1. The number of amides is 1. The van der Waals surface area contributed by atoms with Crippen molar-refractivity contribution in [2.75, 3.05) is 0 Å². The highest BCUT2D eigenvalue weighted by molar-refractivity contribution is 9.10. The van der Waals surface area contributed by atoms with Gasteiger partial charge in [0.15, 0.2) is 5.76 Å². The van der Waals surface area contributed by atoms with Crippen LogP contribution in [0.2, 0.25) is 0 Å². The summed E-state index contributed by atoms with van der Waals surface area (Å²) in [4.78, 5) is 16.9. The Morgan fingerprint density at radius 2 is 1.92 bits per heavy atom. The fourth-order valence-corrected chi connectivity index (χ4v) is 2.68. The van der Waals surface area contributed by atoms with E-state index in [0.717, 1.165) is 16.5 Å². The fraction of sp³-hybridized carbons (Fsp3) is 0.200. The van der Waals surface area contributed by atoms with Gasteiger partial charge in [0.2, 0.25) is 5.89 Å². The minimum Gasteiger partial charge on any atom is -0.436 e. The second-order valence-corrected chi connectivity index (χ2v) is 6.78. The van der Waals surface area contributed by atoms with Crippen LogP contribution in [0.1, 0.15) is 30.6 Å². The number of rotatable bonds is 5. The van der Waals surface area contributed by atoms with Crippen molar-refractivity contribution in [2.24, 2.45) is 0 Å². The van der Waals surface area contributed by atoms with Crippen LogP contribution in [0, 0.1) is 0 Å². The molecular formula is C20H19BrN2O2. The van der Waals surface area contributed by atoms with Crippen molar-refractivity contribution in [1.29, 1.82) is 0 Å². The first-order valence-corrected chi connectivity index (χ1v) is 8.99. The van der Waals surface area contributed by atoms with Crippen molar-refractivity contribution in [1.82, 2.24) is 10.3 Å². The Labute approximate surface area is 155 Å². The summed E-state index contributed by atoms with van der Waals surface area (Å²) in [7, 11) is 0. The first kappa shape index (κ1) is 17.4. The van der Waals surface area contributed by atoms with Crippen LogP contribution in [0.5, 0.6) is 0 Å². The van der Waals surface area contributed by atoms with E-state index in [-0.39, 0.29) is 11.9 Å². The number of aromatic nitrogens is 1. The molecule has 25 heavy (non-hydrogen) atoms. The molecule has 0 saturated carbocycles. The largest absolute Gasteiger partial charge is 0.436 e. The number of halogens is 1. The molecule has 0 saturated heterocycles. The number of hydrogen-bond acceptors (Lipinski definition) is 3. The summed E-state index contributed by atoms with van der Waals surface area (Å²) >= 11 is 3.42. The lowest BCUT2D eigenvalue weighted by molar-refractivity contribution is 0.0939. The molecule has 1 amide bonds. The topological polar surface area (TPSA) is 55.1 Å². The summed E-state index contributed by atoms with van der Waals surface area (Å²) in [6, 6.07) is 15.3. The van der Waals surface area contributed by atoms with E-state index in [4.69, 9.17) is 4.42 Å². The van der Waals surface area contributed by atoms with Gasteiger partial charge < -0.3 is 9.73 Å². The minimum absolute atomic E-state index is 0.114. The Bertz CT molecular complexity index is 871. The SMILES string of the molecule is CCC(C)NC(=O)c1ccccc1-c1ncc(-c2ccc(Br)cc2)o1. The van der Waals surface area contributed by atoms with Gasteiger partial charge in [-0.1, -0.05) is 47.1 Å². The van der Waals surface area contributed by atoms with Crippen LogP contribution in [-0.2, 0) is 0 Å². The third kappa shape index (κ3) is 3.99. The van der Waals surface area contributed by atoms with Gasteiger partial charge in [0, 0.05) is 21.6 Å². The second kappa shape index (κ2) is 7.66. The van der Waals surface area contributed by atoms with Gasteiger partial charge >= 0.3 is 0 Å². The maximum atomic E-state index is 12.5. The van der Waals surface area contributed by atoms with Crippen LogP contribution in [-0.4, -0.2) is 16.9 Å². The Kier molecular flexibility index (Phi) is 5.34. The molecule has 0 bridgehead atoms. The van der Waals surface area contributed by atoms with E-state index in [1.807, 2.05) is 56.3 Å². The van der Waals surface area contributed by atoms with Gasteiger partial charge in [0.25, 0.3) is 5.91 Å². The summed E-state index contributed by atoms with van der Waals surface area (Å²) in [5.74, 6) is 0.987. The molecular weight excluding hydrogens is 380 g/mol. The highest BCUT2D eigenvalue weighted by Gasteiger charge is 2.17. The zero-order valence-electron chi connectivity index (χ0n) is 14.1. The van der Waals surface area contributed by atoms with Gasteiger partial charge in [0.1, 0.15) is 0 Å². The number of carbonyl (C=O) groups excluding carboxylic acids is 1. The molecule has 0 aliphatic heterocycles. The monoisotopic (exact) mass is 398 g/mol. The zero-order chi connectivity index (χ0) is 17.8. The predicted octanol–water partition coefficient (Wildman–Crippen LogP) is 5.30. The Hall–Kier alpha value is -2.40. The van der Waals surface area contributed by atoms with Crippen LogP contribution >= 0.6 is 15.9 Å². The number of nitrogens with one attached hydrogen (secondary N) is 1. The average molecular weight is 399 g/mol. The highest BCUT2D eigenvalue weighted by atomic mass is 79.9. The van der Waals surface area contributed by atoms with Gasteiger partial charge in [-0.15, -0.1) is 0 Å². The summed E-state index contributed by atoms with van der Waals surface area (Å²) in [6.45, 7) is 4.02. The van der Waals surface area contributed by atoms with Gasteiger partial charge in [-0.3, -0.25) is 4.79 Å². The van der Waals surface area contributed by atoms with E-state index in [2.05, 4.69) is 26.2 Å². The van der Waals surface area contributed by atoms with Crippen molar-refractivity contribution in [3.05, 3.63) is 64.8 Å². The number of hydrogen-bond donors (Lipinski definition) is 1. The molecule has 1 unspecified atom stereocenters. The number of benzene rings is 2. The van der Waals surface area contributed by atoms with Gasteiger partial charge in [0.05, 0.1) is 11.8 Å². The van der Waals surface area contributed by atoms with Crippen molar-refractivity contribution in [2.45, 2.75) is 26.3 Å². The molecule has 0 fully saturated rings. The van der Waals surface area contributed by atoms with E-state index < -0.39 is 0 Å². The lowest BCUT2D eigenvalue weighted by Gasteiger charge is -2.12. The van der Waals surface area contributed by atoms with Gasteiger partial charge in [-0.2, -0.15) is 0 Å². The third-order valence-electron chi connectivity index (χ3n) is 4.03. The van der Waals surface area contributed by atoms with E-state index >= 15 is 0 Å². The van der Waals surface area contributed by atoms with Crippen LogP contribution < -0.4 is 5.32 Å². The van der Waals surface area contributed by atoms with Crippen LogP contribution in [0.3, 0.4) is 0 Å². The van der Waals surface area contributed by atoms with E-state index in [9.17, 15) is 4.79 Å². The summed E-state index contributed by atoms with van der Waals surface area (Å²) in [6.07, 6.45) is 2.56. The second-order valence-electron chi connectivity index (χ2n) is 5.86. The van der Waals surface area contributed by atoms with Crippen LogP contribution in [0.4, 0.5) is 0 Å². The molecule has 1 atom stereocenters. The van der Waals surface area contributed by atoms with Crippen molar-refractivity contribution < 1.29 is 9.21 Å². The van der Waals surface area contributed by atoms with Crippen molar-refractivity contribution >= 4 is 21.8 Å². The molecule has 3 aromatic rings. The zero-order valence-corrected chi connectivity index (χ0v) is 15.7. The fourth-order valence-electron chi connectivity index (χ4n) is 2.42. The molecule has 0 aliphatic carbocycles. The summed E-state index contributed by atoms with van der Waals surface area (Å²) in [5, 5.41) is 2.99. The Morgan fingerprint density at radius 1 is 1.20 bits per heavy atom. The molecule has 5 heteroatoms. The standard InChI is InChI=1S/C20H19BrN2O2/c1-3-13(2)23-19(24)16-6-4-5-7-17(16)20-22-12-18(25-20)14-8-10-15(21)11-9-14/h4-13H,3H2,1-2H3,(H,23,24). The Morgan fingerprint density at radius 3 is 2.64 bits per heavy atom. The molecule has 0 spiro atoms. The normalized spacial score (nSPS) is 12.0. The lowest BCUT2D eigenvalue weighted by Crippen LogP contribution is -2.32. The van der Waals surface area contributed by atoms with E-state index in [0.29, 0.717) is 22.8 Å². The third-order valence-corrected chi connectivity index (χ3v) is 4.56. The molecule has 4 nitrogen and oxygen atoms in total. The van der Waals surface area contributed by atoms with Crippen LogP contribution in [0.15, 0.2) is 63.6 Å². The van der Waals surface area contributed by atoms with Crippen LogP contribution in [0.25, 0.3) is 22.8 Å². The molecule has 0 radical (unpaired) electrons. The molecule has 3 rings (SSSR count). The maximum Gasteiger partial charge on any atom is 0.252 e. The number of nitrogens with zero attached hydrogens (tertiary/aromatic N) is 1. The molecule has 2 aromatic carbocycles. The molecule has 1 N–H and O–H groups in total. The number of oxazole rings is 1. The Balaban J connectivity index is 1.93. The minimum atomic E-state index is -0.117. The van der Waals surface area contributed by atoms with Gasteiger partial charge in [-0.05, 0) is 37.6 Å². The smallest absolute Gasteiger partial charge is 0.252 e.